The molecule has 0 atom stereocenters. The summed E-state index contributed by atoms with van der Waals surface area (Å²) in [6, 6.07) is 0. The second-order valence-electron chi connectivity index (χ2n) is 1.97. The fourth-order valence-electron chi connectivity index (χ4n) is 0. The standard InChI is InChI=1S/4H3NO3S.Pb/c4*1-5(2,3)4;/h4*(H3,1,2,3,4);/q;;;;+4/p-4. The molecule has 0 fully saturated rings. The molecule has 16 nitrogen and oxygen atoms in total. The SMILES string of the molecule is NS(=O)(=O)[O-].NS(=O)(=O)[O-].NS(=O)(=O)[O-].NS(=O)(=O)[O-].[Pb+4]. The Morgan fingerprint density at radius 2 is 0.429 bits per heavy atom. The maximum atomic E-state index is 8.85. The van der Waals surface area contributed by atoms with Crippen molar-refractivity contribution in [2.45, 2.75) is 0 Å². The molecule has 0 aliphatic carbocycles. The van der Waals surface area contributed by atoms with Gasteiger partial charge in [0.25, 0.3) is 0 Å². The first-order chi connectivity index (χ1) is 8.00. The predicted octanol–water partition coefficient (Wildman–Crippen LogP) is -6.76. The van der Waals surface area contributed by atoms with Crippen molar-refractivity contribution >= 4 is 68.5 Å². The topological polar surface area (TPSA) is 333 Å². The Kier molecular flexibility index (Phi) is 20.3. The van der Waals surface area contributed by atoms with Crippen LogP contribution in [0.15, 0.2) is 0 Å². The van der Waals surface area contributed by atoms with E-state index in [4.69, 9.17) is 51.9 Å². The molecule has 0 spiro atoms. The van der Waals surface area contributed by atoms with Gasteiger partial charge in [-0.2, -0.15) is 0 Å². The molecule has 0 bridgehead atoms. The first-order valence-electron chi connectivity index (χ1n) is 2.94. The minimum Gasteiger partial charge on any atom is -0.736 e. The largest absolute Gasteiger partial charge is 4.00 e. The quantitative estimate of drug-likeness (QED) is 0.151. The summed E-state index contributed by atoms with van der Waals surface area (Å²) in [5.74, 6) is 0. The number of rotatable bonds is 0. The second-order valence-corrected chi connectivity index (χ2v) is 5.91. The fraction of sp³-hybridized carbons (Fsp3) is 0. The van der Waals surface area contributed by atoms with Crippen molar-refractivity contribution in [2.75, 3.05) is 0 Å². The number of nitrogens with two attached hydrogens (primary N) is 4. The van der Waals surface area contributed by atoms with E-state index in [0.29, 0.717) is 0 Å². The Morgan fingerprint density at radius 1 is 0.429 bits per heavy atom. The van der Waals surface area contributed by atoms with Gasteiger partial charge in [-0.15, -0.1) is 0 Å². The molecule has 21 heteroatoms. The second kappa shape index (κ2) is 12.9. The van der Waals surface area contributed by atoms with Crippen LogP contribution in [0.3, 0.4) is 0 Å². The Labute approximate surface area is 140 Å². The summed E-state index contributed by atoms with van der Waals surface area (Å²) in [5.41, 5.74) is 0. The smallest absolute Gasteiger partial charge is 0.736 e. The minimum absolute atomic E-state index is 0. The summed E-state index contributed by atoms with van der Waals surface area (Å²) in [7, 11) is -17.7. The van der Waals surface area contributed by atoms with Gasteiger partial charge in [-0.3, -0.25) is 0 Å². The van der Waals surface area contributed by atoms with Gasteiger partial charge in [0.15, 0.2) is 41.2 Å². The van der Waals surface area contributed by atoms with E-state index in [2.05, 4.69) is 20.6 Å². The zero-order valence-electron chi connectivity index (χ0n) is 9.34. The molecule has 0 heterocycles. The molecule has 8 N–H and O–H groups in total. The molecule has 0 amide bonds. The van der Waals surface area contributed by atoms with Crippen molar-refractivity contribution < 1.29 is 51.9 Å². The molecule has 0 saturated carbocycles. The minimum atomic E-state index is -4.42. The van der Waals surface area contributed by atoms with Crippen molar-refractivity contribution in [3.8, 4) is 0 Å². The van der Waals surface area contributed by atoms with E-state index in [0.717, 1.165) is 0 Å². The van der Waals surface area contributed by atoms with Crippen molar-refractivity contribution in [3.05, 3.63) is 0 Å². The fourth-order valence-corrected chi connectivity index (χ4v) is 0. The van der Waals surface area contributed by atoms with Crippen LogP contribution in [0.2, 0.25) is 0 Å². The average molecular weight is 592 g/mol. The zero-order valence-corrected chi connectivity index (χ0v) is 16.5. The van der Waals surface area contributed by atoms with Crippen molar-refractivity contribution in [3.63, 3.8) is 0 Å². The van der Waals surface area contributed by atoms with Crippen LogP contribution in [-0.4, -0.2) is 79.2 Å². The molecule has 0 rings (SSSR count). The molecule has 0 aliphatic heterocycles. The van der Waals surface area contributed by atoms with Crippen LogP contribution in [-0.2, 0) is 41.2 Å². The van der Waals surface area contributed by atoms with Gasteiger partial charge < -0.3 is 18.2 Å². The van der Waals surface area contributed by atoms with Crippen LogP contribution < -0.4 is 20.6 Å². The van der Waals surface area contributed by atoms with E-state index in [1.165, 1.54) is 0 Å². The monoisotopic (exact) mass is 592 g/mol. The van der Waals surface area contributed by atoms with Crippen LogP contribution in [0.1, 0.15) is 0 Å². The van der Waals surface area contributed by atoms with Crippen LogP contribution in [0, 0.1) is 0 Å². The average Bonchev–Trinajstić information content (AvgIpc) is 1.62. The number of hydrogen-bond donors (Lipinski definition) is 4. The van der Waals surface area contributed by atoms with E-state index < -0.39 is 41.2 Å². The van der Waals surface area contributed by atoms with Crippen LogP contribution >= 0.6 is 0 Å². The number of hydrogen-bond acceptors (Lipinski definition) is 12. The normalized spacial score (nSPS) is 11.0. The van der Waals surface area contributed by atoms with Gasteiger partial charge in [-0.1, -0.05) is 0 Å². The third-order valence-corrected chi connectivity index (χ3v) is 0. The van der Waals surface area contributed by atoms with Gasteiger partial charge >= 0.3 is 27.3 Å². The van der Waals surface area contributed by atoms with Crippen LogP contribution in [0.5, 0.6) is 0 Å². The molecule has 128 valence electrons. The van der Waals surface area contributed by atoms with Gasteiger partial charge in [0.2, 0.25) is 0 Å². The van der Waals surface area contributed by atoms with Gasteiger partial charge in [0.05, 0.1) is 0 Å². The van der Waals surface area contributed by atoms with E-state index in [1.54, 1.807) is 0 Å². The molecular formula is H8N4O12PbS4. The molecular weight excluding hydrogens is 583 g/mol. The first-order valence-corrected chi connectivity index (χ1v) is 8.83. The molecule has 0 radical (unpaired) electrons. The first kappa shape index (κ1) is 33.1. The molecule has 21 heavy (non-hydrogen) atoms. The van der Waals surface area contributed by atoms with Gasteiger partial charge in [0.1, 0.15) is 0 Å². The summed E-state index contributed by atoms with van der Waals surface area (Å²) >= 11 is 0. The van der Waals surface area contributed by atoms with Crippen LogP contribution in [0.25, 0.3) is 0 Å². The molecule has 0 aromatic heterocycles. The van der Waals surface area contributed by atoms with E-state index in [-0.39, 0.29) is 27.3 Å². The molecule has 0 saturated heterocycles. The summed E-state index contributed by atoms with van der Waals surface area (Å²) in [4.78, 5) is 0. The van der Waals surface area contributed by atoms with Crippen LogP contribution in [0.4, 0.5) is 0 Å². The van der Waals surface area contributed by atoms with E-state index >= 15 is 0 Å². The summed E-state index contributed by atoms with van der Waals surface area (Å²) < 4.78 is 106. The molecule has 0 unspecified atom stereocenters. The summed E-state index contributed by atoms with van der Waals surface area (Å²) in [5, 5.41) is 15.1. The predicted molar refractivity (Wildman–Crippen MR) is 61.3 cm³/mol. The van der Waals surface area contributed by atoms with E-state index in [1.807, 2.05) is 0 Å². The van der Waals surface area contributed by atoms with E-state index in [9.17, 15) is 0 Å². The zero-order chi connectivity index (χ0) is 18.0. The Balaban J connectivity index is -0.0000000533. The van der Waals surface area contributed by atoms with Crippen molar-refractivity contribution in [1.82, 2.24) is 0 Å². The molecule has 0 aromatic carbocycles. The molecule has 0 aliphatic rings. The summed E-state index contributed by atoms with van der Waals surface area (Å²) in [6.07, 6.45) is 0. The maximum Gasteiger partial charge on any atom is 4.00 e. The van der Waals surface area contributed by atoms with Crippen molar-refractivity contribution in [1.29, 1.82) is 0 Å². The third-order valence-electron chi connectivity index (χ3n) is 0. The Morgan fingerprint density at radius 3 is 0.429 bits per heavy atom. The van der Waals surface area contributed by atoms with Crippen molar-refractivity contribution in [2.24, 2.45) is 20.6 Å². The molecule has 0 aromatic rings. The van der Waals surface area contributed by atoms with Gasteiger partial charge in [-0.25, -0.2) is 54.2 Å². The van der Waals surface area contributed by atoms with Gasteiger partial charge in [0, 0.05) is 0 Å². The Hall–Kier alpha value is 0.402. The van der Waals surface area contributed by atoms with Gasteiger partial charge in [-0.05, 0) is 0 Å². The Bertz CT molecular complexity index is 486. The maximum absolute atomic E-state index is 8.85. The summed E-state index contributed by atoms with van der Waals surface area (Å²) in [6.45, 7) is 0. The third kappa shape index (κ3) is 42700.